The quantitative estimate of drug-likeness (QED) is 0.620. The number of para-hydroxylation sites is 2. The number of nitrogens with two attached hydrogens (primary N) is 1. The van der Waals surface area contributed by atoms with Gasteiger partial charge in [0.2, 0.25) is 11.1 Å². The third-order valence-corrected chi connectivity index (χ3v) is 3.71. The minimum absolute atomic E-state index is 0.157. The zero-order chi connectivity index (χ0) is 15.2. The molecule has 0 spiro atoms. The van der Waals surface area contributed by atoms with Gasteiger partial charge >= 0.3 is 0 Å². The van der Waals surface area contributed by atoms with Crippen LogP contribution in [-0.2, 0) is 4.79 Å². The van der Waals surface area contributed by atoms with E-state index in [0.717, 1.165) is 0 Å². The first kappa shape index (κ1) is 15.2. The average molecular weight is 307 g/mol. The van der Waals surface area contributed by atoms with Crippen LogP contribution in [0.2, 0.25) is 0 Å². The molecule has 7 nitrogen and oxygen atoms in total. The zero-order valence-electron chi connectivity index (χ0n) is 11.8. The first-order valence-electron chi connectivity index (χ1n) is 6.46. The van der Waals surface area contributed by atoms with Gasteiger partial charge in [-0.3, -0.25) is 4.79 Å². The lowest BCUT2D eigenvalue weighted by atomic mass is 10.3. The highest BCUT2D eigenvalue weighted by Crippen LogP contribution is 2.26. The SMILES string of the molecule is CCOc1ccccc1NC(=O)C(C)Sc1nncn1N. The normalized spacial score (nSPS) is 11.9. The van der Waals surface area contributed by atoms with Crippen molar-refractivity contribution in [1.29, 1.82) is 0 Å². The van der Waals surface area contributed by atoms with Crippen molar-refractivity contribution in [1.82, 2.24) is 14.9 Å². The summed E-state index contributed by atoms with van der Waals surface area (Å²) in [6.45, 7) is 4.20. The molecule has 8 heteroatoms. The van der Waals surface area contributed by atoms with Crippen LogP contribution in [0.25, 0.3) is 0 Å². The Morgan fingerprint density at radius 3 is 2.95 bits per heavy atom. The van der Waals surface area contributed by atoms with E-state index >= 15 is 0 Å². The Morgan fingerprint density at radius 2 is 2.29 bits per heavy atom. The fourth-order valence-corrected chi connectivity index (χ4v) is 2.36. The van der Waals surface area contributed by atoms with Crippen molar-refractivity contribution in [2.45, 2.75) is 24.3 Å². The molecule has 0 saturated heterocycles. The number of ether oxygens (including phenoxy) is 1. The highest BCUT2D eigenvalue weighted by atomic mass is 32.2. The summed E-state index contributed by atoms with van der Waals surface area (Å²) in [6.07, 6.45) is 1.39. The fraction of sp³-hybridized carbons (Fsp3) is 0.308. The van der Waals surface area contributed by atoms with Crippen molar-refractivity contribution in [3.8, 4) is 5.75 Å². The molecule has 0 aliphatic carbocycles. The maximum atomic E-state index is 12.2. The van der Waals surface area contributed by atoms with Gasteiger partial charge < -0.3 is 15.9 Å². The van der Waals surface area contributed by atoms with Crippen LogP contribution in [0.15, 0.2) is 35.7 Å². The second kappa shape index (κ2) is 6.98. The predicted molar refractivity (Wildman–Crippen MR) is 81.7 cm³/mol. The zero-order valence-corrected chi connectivity index (χ0v) is 12.6. The molecule has 1 aromatic carbocycles. The van der Waals surface area contributed by atoms with E-state index in [1.54, 1.807) is 13.0 Å². The van der Waals surface area contributed by atoms with Gasteiger partial charge in [0.25, 0.3) is 0 Å². The van der Waals surface area contributed by atoms with Crippen molar-refractivity contribution >= 4 is 23.4 Å². The summed E-state index contributed by atoms with van der Waals surface area (Å²) in [7, 11) is 0. The van der Waals surface area contributed by atoms with Gasteiger partial charge in [0.1, 0.15) is 12.1 Å². The smallest absolute Gasteiger partial charge is 0.237 e. The third-order valence-electron chi connectivity index (χ3n) is 2.64. The second-order valence-electron chi connectivity index (χ2n) is 4.20. The maximum Gasteiger partial charge on any atom is 0.237 e. The monoisotopic (exact) mass is 307 g/mol. The van der Waals surface area contributed by atoms with Gasteiger partial charge in [-0.1, -0.05) is 23.9 Å². The molecule has 1 atom stereocenters. The molecule has 21 heavy (non-hydrogen) atoms. The number of carbonyl (C=O) groups is 1. The molecule has 0 aliphatic heterocycles. The van der Waals surface area contributed by atoms with Crippen LogP contribution in [0.4, 0.5) is 5.69 Å². The average Bonchev–Trinajstić information content (AvgIpc) is 2.86. The molecular formula is C13H17N5O2S. The van der Waals surface area contributed by atoms with Crippen LogP contribution in [0.1, 0.15) is 13.8 Å². The number of thioether (sulfide) groups is 1. The van der Waals surface area contributed by atoms with E-state index in [1.165, 1.54) is 22.8 Å². The lowest BCUT2D eigenvalue weighted by Crippen LogP contribution is -2.23. The minimum Gasteiger partial charge on any atom is -0.492 e. The third kappa shape index (κ3) is 3.88. The number of rotatable bonds is 6. The summed E-state index contributed by atoms with van der Waals surface area (Å²) >= 11 is 1.23. The van der Waals surface area contributed by atoms with Crippen molar-refractivity contribution < 1.29 is 9.53 Å². The number of nitrogen functional groups attached to an aromatic ring is 1. The first-order valence-corrected chi connectivity index (χ1v) is 7.34. The second-order valence-corrected chi connectivity index (χ2v) is 5.51. The van der Waals surface area contributed by atoms with Gasteiger partial charge in [-0.15, -0.1) is 10.2 Å². The van der Waals surface area contributed by atoms with Gasteiger partial charge in [0.15, 0.2) is 0 Å². The maximum absolute atomic E-state index is 12.2. The number of nitrogens with one attached hydrogen (secondary N) is 1. The lowest BCUT2D eigenvalue weighted by molar-refractivity contribution is -0.115. The summed E-state index contributed by atoms with van der Waals surface area (Å²) in [5.41, 5.74) is 0.644. The number of carbonyl (C=O) groups excluding carboxylic acids is 1. The molecule has 1 heterocycles. The molecule has 0 fully saturated rings. The summed E-state index contributed by atoms with van der Waals surface area (Å²) < 4.78 is 6.75. The van der Waals surface area contributed by atoms with E-state index in [4.69, 9.17) is 10.6 Å². The Morgan fingerprint density at radius 1 is 1.52 bits per heavy atom. The first-order chi connectivity index (χ1) is 10.1. The standard InChI is InChI=1S/C13H17N5O2S/c1-3-20-11-7-5-4-6-10(11)16-12(19)9(2)21-13-17-15-8-18(13)14/h4-9H,3,14H2,1-2H3,(H,16,19). The number of nitrogens with zero attached hydrogens (tertiary/aromatic N) is 3. The van der Waals surface area contributed by atoms with Crippen molar-refractivity contribution in [3.63, 3.8) is 0 Å². The van der Waals surface area contributed by atoms with E-state index in [2.05, 4.69) is 15.5 Å². The molecule has 1 amide bonds. The number of aromatic nitrogens is 3. The fourth-order valence-electron chi connectivity index (χ4n) is 1.61. The number of anilines is 1. The molecule has 1 unspecified atom stereocenters. The van der Waals surface area contributed by atoms with Crippen molar-refractivity contribution in [2.75, 3.05) is 17.8 Å². The summed E-state index contributed by atoms with van der Waals surface area (Å²) in [5.74, 6) is 6.11. The van der Waals surface area contributed by atoms with Crippen LogP contribution < -0.4 is 15.9 Å². The van der Waals surface area contributed by atoms with E-state index < -0.39 is 0 Å². The molecule has 0 bridgehead atoms. The number of amides is 1. The van der Waals surface area contributed by atoms with Crippen molar-refractivity contribution in [3.05, 3.63) is 30.6 Å². The Labute approximate surface area is 126 Å². The summed E-state index contributed by atoms with van der Waals surface area (Å²) in [5, 5.41) is 10.5. The number of hydrogen-bond donors (Lipinski definition) is 2. The highest BCUT2D eigenvalue weighted by Gasteiger charge is 2.18. The molecule has 112 valence electrons. The van der Waals surface area contributed by atoms with Crippen LogP contribution >= 0.6 is 11.8 Å². The Hall–Kier alpha value is -2.22. The van der Waals surface area contributed by atoms with Gasteiger partial charge in [-0.25, -0.2) is 4.68 Å². The van der Waals surface area contributed by atoms with Crippen LogP contribution in [0, 0.1) is 0 Å². The topological polar surface area (TPSA) is 95.1 Å². The molecule has 1 aromatic heterocycles. The molecule has 0 saturated carbocycles. The van der Waals surface area contributed by atoms with Gasteiger partial charge in [-0.2, -0.15) is 0 Å². The number of benzene rings is 1. The summed E-state index contributed by atoms with van der Waals surface area (Å²) in [4.78, 5) is 12.2. The van der Waals surface area contributed by atoms with Gasteiger partial charge in [-0.05, 0) is 26.0 Å². The van der Waals surface area contributed by atoms with Gasteiger partial charge in [0.05, 0.1) is 17.5 Å². The molecule has 3 N–H and O–H groups in total. The molecule has 2 aromatic rings. The Bertz CT molecular complexity index is 616. The predicted octanol–water partition coefficient (Wildman–Crippen LogP) is 1.51. The lowest BCUT2D eigenvalue weighted by Gasteiger charge is -2.14. The van der Waals surface area contributed by atoms with Crippen LogP contribution in [-0.4, -0.2) is 32.6 Å². The van der Waals surface area contributed by atoms with Crippen molar-refractivity contribution in [2.24, 2.45) is 0 Å². The van der Waals surface area contributed by atoms with E-state index in [0.29, 0.717) is 23.2 Å². The minimum atomic E-state index is -0.369. The van der Waals surface area contributed by atoms with Gasteiger partial charge in [0, 0.05) is 0 Å². The van der Waals surface area contributed by atoms with E-state index in [-0.39, 0.29) is 11.2 Å². The largest absolute Gasteiger partial charge is 0.492 e. The Kier molecular flexibility index (Phi) is 5.04. The van der Waals surface area contributed by atoms with Crippen LogP contribution in [0.5, 0.6) is 5.75 Å². The van der Waals surface area contributed by atoms with E-state index in [1.807, 2.05) is 25.1 Å². The molecule has 0 aliphatic rings. The molecule has 2 rings (SSSR count). The number of hydrogen-bond acceptors (Lipinski definition) is 6. The highest BCUT2D eigenvalue weighted by molar-refractivity contribution is 8.00. The molecular weight excluding hydrogens is 290 g/mol. The summed E-state index contributed by atoms with van der Waals surface area (Å²) in [6, 6.07) is 7.31. The van der Waals surface area contributed by atoms with E-state index in [9.17, 15) is 4.79 Å². The van der Waals surface area contributed by atoms with Crippen LogP contribution in [0.3, 0.4) is 0 Å². The molecule has 0 radical (unpaired) electrons. The Balaban J connectivity index is 2.02.